The van der Waals surface area contributed by atoms with Crippen molar-refractivity contribution < 1.29 is 14.9 Å². The summed E-state index contributed by atoms with van der Waals surface area (Å²) >= 11 is 0. The maximum absolute atomic E-state index is 11.6. The van der Waals surface area contributed by atoms with Gasteiger partial charge in [0.1, 0.15) is 11.8 Å². The van der Waals surface area contributed by atoms with Crippen LogP contribution in [0.1, 0.15) is 19.6 Å². The van der Waals surface area contributed by atoms with Crippen molar-refractivity contribution >= 4 is 11.2 Å². The Labute approximate surface area is 107 Å². The largest absolute Gasteiger partial charge is 0.393 e. The minimum Gasteiger partial charge on any atom is -0.393 e. The number of fused-ring (bicyclic) bond motifs is 1. The molecule has 3 rings (SSSR count). The molecule has 0 radical (unpaired) electrons. The highest BCUT2D eigenvalue weighted by Gasteiger charge is 2.45. The molecule has 1 saturated heterocycles. The van der Waals surface area contributed by atoms with Gasteiger partial charge in [-0.3, -0.25) is 9.36 Å². The summed E-state index contributed by atoms with van der Waals surface area (Å²) in [6.45, 7) is 1.35. The molecule has 3 heterocycles. The SMILES string of the molecule is C[C@]1(CO)O[C@H](n2cnc3c(=O)[nH]cnc32)C[C@@H]1O. The predicted molar refractivity (Wildman–Crippen MR) is 64.4 cm³/mol. The first-order valence-electron chi connectivity index (χ1n) is 5.92. The van der Waals surface area contributed by atoms with Crippen LogP contribution in [0.15, 0.2) is 17.4 Å². The van der Waals surface area contributed by atoms with Crippen molar-refractivity contribution in [2.24, 2.45) is 0 Å². The highest BCUT2D eigenvalue weighted by atomic mass is 16.6. The van der Waals surface area contributed by atoms with E-state index < -0.39 is 17.9 Å². The molecule has 1 fully saturated rings. The molecule has 8 heteroatoms. The van der Waals surface area contributed by atoms with Gasteiger partial charge in [-0.05, 0) is 6.92 Å². The van der Waals surface area contributed by atoms with Gasteiger partial charge >= 0.3 is 0 Å². The van der Waals surface area contributed by atoms with Gasteiger partial charge in [0.15, 0.2) is 11.2 Å². The second-order valence-electron chi connectivity index (χ2n) is 4.85. The van der Waals surface area contributed by atoms with Crippen molar-refractivity contribution in [2.45, 2.75) is 31.3 Å². The maximum Gasteiger partial charge on any atom is 0.278 e. The molecule has 19 heavy (non-hydrogen) atoms. The molecule has 3 N–H and O–H groups in total. The molecule has 0 saturated carbocycles. The third-order valence-corrected chi connectivity index (χ3v) is 3.52. The fraction of sp³-hybridized carbons (Fsp3) is 0.545. The van der Waals surface area contributed by atoms with E-state index in [0.717, 1.165) is 0 Å². The average molecular weight is 266 g/mol. The van der Waals surface area contributed by atoms with Crippen LogP contribution in [0.3, 0.4) is 0 Å². The second kappa shape index (κ2) is 4.12. The standard InChI is InChI=1S/C11H14N4O4/c1-11(3-16)6(17)2-7(19-11)15-5-14-8-9(15)12-4-13-10(8)18/h4-7,16-17H,2-3H2,1H3,(H,12,13,18)/t6-,7-,11+/m0/s1. The van der Waals surface area contributed by atoms with E-state index in [9.17, 15) is 15.0 Å². The molecule has 0 aliphatic carbocycles. The number of aliphatic hydroxyl groups excluding tert-OH is 2. The highest BCUT2D eigenvalue weighted by Crippen LogP contribution is 2.36. The molecule has 0 amide bonds. The van der Waals surface area contributed by atoms with E-state index in [1.165, 1.54) is 12.7 Å². The number of imidazole rings is 1. The van der Waals surface area contributed by atoms with Gasteiger partial charge in [-0.1, -0.05) is 0 Å². The summed E-state index contributed by atoms with van der Waals surface area (Å²) in [5.41, 5.74) is -0.726. The summed E-state index contributed by atoms with van der Waals surface area (Å²) in [6, 6.07) is 0. The smallest absolute Gasteiger partial charge is 0.278 e. The van der Waals surface area contributed by atoms with Gasteiger partial charge in [-0.2, -0.15) is 0 Å². The molecular weight excluding hydrogens is 252 g/mol. The molecule has 1 aliphatic rings. The van der Waals surface area contributed by atoms with Crippen molar-refractivity contribution in [3.63, 3.8) is 0 Å². The molecule has 8 nitrogen and oxygen atoms in total. The monoisotopic (exact) mass is 266 g/mol. The number of nitrogens with one attached hydrogen (secondary N) is 1. The third kappa shape index (κ3) is 1.76. The van der Waals surface area contributed by atoms with Gasteiger partial charge in [-0.15, -0.1) is 0 Å². The Balaban J connectivity index is 2.03. The summed E-state index contributed by atoms with van der Waals surface area (Å²) in [6.07, 6.45) is 1.75. The van der Waals surface area contributed by atoms with Gasteiger partial charge in [0, 0.05) is 6.42 Å². The molecule has 2 aromatic rings. The Hall–Kier alpha value is -1.77. The van der Waals surface area contributed by atoms with Crippen LogP contribution in [0.25, 0.3) is 11.2 Å². The van der Waals surface area contributed by atoms with Gasteiger partial charge < -0.3 is 19.9 Å². The molecule has 102 valence electrons. The number of H-pyrrole nitrogens is 1. The van der Waals surface area contributed by atoms with Crippen LogP contribution in [0.4, 0.5) is 0 Å². The molecule has 1 aliphatic heterocycles. The van der Waals surface area contributed by atoms with Gasteiger partial charge in [0.25, 0.3) is 5.56 Å². The zero-order valence-electron chi connectivity index (χ0n) is 10.3. The molecule has 0 aromatic carbocycles. The number of aromatic amines is 1. The fourth-order valence-corrected chi connectivity index (χ4v) is 2.26. The first kappa shape index (κ1) is 12.3. The Bertz CT molecular complexity index is 666. The first-order chi connectivity index (χ1) is 9.05. The van der Waals surface area contributed by atoms with E-state index in [1.54, 1.807) is 11.5 Å². The normalized spacial score (nSPS) is 31.1. The van der Waals surface area contributed by atoms with Crippen LogP contribution < -0.4 is 5.56 Å². The van der Waals surface area contributed by atoms with E-state index >= 15 is 0 Å². The number of aromatic nitrogens is 4. The van der Waals surface area contributed by atoms with Crippen LogP contribution in [-0.4, -0.2) is 48.0 Å². The van der Waals surface area contributed by atoms with E-state index in [4.69, 9.17) is 4.74 Å². The fourth-order valence-electron chi connectivity index (χ4n) is 2.26. The Morgan fingerprint density at radius 3 is 3.11 bits per heavy atom. The van der Waals surface area contributed by atoms with Gasteiger partial charge in [-0.25, -0.2) is 9.97 Å². The van der Waals surface area contributed by atoms with Crippen molar-refractivity contribution in [3.05, 3.63) is 23.0 Å². The molecule has 0 bridgehead atoms. The molecule has 3 atom stereocenters. The number of rotatable bonds is 2. The predicted octanol–water partition coefficient (Wildman–Crippen LogP) is -0.850. The van der Waals surface area contributed by atoms with Crippen LogP contribution in [0.2, 0.25) is 0 Å². The van der Waals surface area contributed by atoms with Crippen molar-refractivity contribution in [1.29, 1.82) is 0 Å². The third-order valence-electron chi connectivity index (χ3n) is 3.52. The van der Waals surface area contributed by atoms with Crippen molar-refractivity contribution in [1.82, 2.24) is 19.5 Å². The first-order valence-corrected chi connectivity index (χ1v) is 5.92. The zero-order valence-corrected chi connectivity index (χ0v) is 10.3. The Morgan fingerprint density at radius 2 is 2.42 bits per heavy atom. The van der Waals surface area contributed by atoms with Crippen molar-refractivity contribution in [2.75, 3.05) is 6.61 Å². The van der Waals surface area contributed by atoms with E-state index in [0.29, 0.717) is 12.1 Å². The minimum absolute atomic E-state index is 0.221. The Morgan fingerprint density at radius 1 is 1.63 bits per heavy atom. The summed E-state index contributed by atoms with van der Waals surface area (Å²) in [5.74, 6) is 0. The minimum atomic E-state index is -1.01. The maximum atomic E-state index is 11.6. The number of hydrogen-bond acceptors (Lipinski definition) is 6. The van der Waals surface area contributed by atoms with E-state index in [2.05, 4.69) is 15.0 Å². The Kier molecular flexibility index (Phi) is 2.66. The van der Waals surface area contributed by atoms with Crippen LogP contribution >= 0.6 is 0 Å². The van der Waals surface area contributed by atoms with Crippen LogP contribution in [-0.2, 0) is 4.74 Å². The van der Waals surface area contributed by atoms with Gasteiger partial charge in [0.05, 0.1) is 25.4 Å². The average Bonchev–Trinajstić information content (AvgIpc) is 2.94. The molecular formula is C11H14N4O4. The number of hydrogen-bond donors (Lipinski definition) is 3. The van der Waals surface area contributed by atoms with E-state index in [-0.39, 0.29) is 17.7 Å². The quantitative estimate of drug-likeness (QED) is 0.652. The highest BCUT2D eigenvalue weighted by molar-refractivity contribution is 5.68. The van der Waals surface area contributed by atoms with Crippen molar-refractivity contribution in [3.8, 4) is 0 Å². The molecule has 0 spiro atoms. The zero-order chi connectivity index (χ0) is 13.6. The van der Waals surface area contributed by atoms with Gasteiger partial charge in [0.2, 0.25) is 0 Å². The summed E-state index contributed by atoms with van der Waals surface area (Å²) in [4.78, 5) is 22.1. The number of aliphatic hydroxyl groups is 2. The topological polar surface area (TPSA) is 113 Å². The lowest BCUT2D eigenvalue weighted by molar-refractivity contribution is -0.115. The van der Waals surface area contributed by atoms with Crippen LogP contribution in [0, 0.1) is 0 Å². The molecule has 2 aromatic heterocycles. The summed E-state index contributed by atoms with van der Waals surface area (Å²) in [7, 11) is 0. The summed E-state index contributed by atoms with van der Waals surface area (Å²) in [5, 5.41) is 19.2. The lowest BCUT2D eigenvalue weighted by Gasteiger charge is -2.24. The van der Waals surface area contributed by atoms with E-state index in [1.807, 2.05) is 0 Å². The number of nitrogens with zero attached hydrogens (tertiary/aromatic N) is 3. The summed E-state index contributed by atoms with van der Waals surface area (Å²) < 4.78 is 7.27. The number of ether oxygens (including phenoxy) is 1. The lowest BCUT2D eigenvalue weighted by Crippen LogP contribution is -2.39. The lowest BCUT2D eigenvalue weighted by atomic mass is 10.0. The molecule has 0 unspecified atom stereocenters. The second-order valence-corrected chi connectivity index (χ2v) is 4.85. The van der Waals surface area contributed by atoms with Crippen LogP contribution in [0.5, 0.6) is 0 Å².